The smallest absolute Gasteiger partial charge is 0.227 e. The number of rotatable bonds is 4. The molecule has 0 saturated carbocycles. The van der Waals surface area contributed by atoms with E-state index in [1.807, 2.05) is 24.1 Å². The van der Waals surface area contributed by atoms with Gasteiger partial charge < -0.3 is 10.2 Å². The maximum absolute atomic E-state index is 13.1. The van der Waals surface area contributed by atoms with Crippen LogP contribution in [0.15, 0.2) is 29.9 Å². The SMILES string of the molecule is Cn1cc([C@H]2CNC[C@@H]2C(=O)N2CCN(Cc3cccs3)CC2)cn1. The lowest BCUT2D eigenvalue weighted by Crippen LogP contribution is -2.50. The minimum absolute atomic E-state index is 0.0352. The molecule has 1 N–H and O–H groups in total. The van der Waals surface area contributed by atoms with Crippen molar-refractivity contribution in [1.29, 1.82) is 0 Å². The molecule has 2 aromatic heterocycles. The van der Waals surface area contributed by atoms with Crippen LogP contribution >= 0.6 is 11.3 Å². The van der Waals surface area contributed by atoms with Crippen LogP contribution in [0.1, 0.15) is 16.4 Å². The Morgan fingerprint density at radius 3 is 2.84 bits per heavy atom. The first kappa shape index (κ1) is 16.8. The van der Waals surface area contributed by atoms with Crippen molar-refractivity contribution in [3.05, 3.63) is 40.3 Å². The van der Waals surface area contributed by atoms with Crippen molar-refractivity contribution < 1.29 is 4.79 Å². The molecule has 0 unspecified atom stereocenters. The molecule has 2 aromatic rings. The van der Waals surface area contributed by atoms with Gasteiger partial charge in [-0.25, -0.2) is 0 Å². The van der Waals surface area contributed by atoms with Crippen LogP contribution in [-0.2, 0) is 18.4 Å². The second-order valence-electron chi connectivity index (χ2n) is 7.00. The number of aromatic nitrogens is 2. The number of hydrogen-bond acceptors (Lipinski definition) is 5. The summed E-state index contributed by atoms with van der Waals surface area (Å²) in [5, 5.41) is 9.79. The zero-order chi connectivity index (χ0) is 17.2. The Labute approximate surface area is 152 Å². The third-order valence-corrected chi connectivity index (χ3v) is 6.19. The van der Waals surface area contributed by atoms with E-state index >= 15 is 0 Å². The van der Waals surface area contributed by atoms with Crippen LogP contribution in [0.5, 0.6) is 0 Å². The van der Waals surface area contributed by atoms with E-state index in [0.717, 1.165) is 45.8 Å². The van der Waals surface area contributed by atoms with E-state index in [1.165, 1.54) is 10.4 Å². The van der Waals surface area contributed by atoms with Gasteiger partial charge in [0.25, 0.3) is 0 Å². The molecule has 0 aliphatic carbocycles. The summed E-state index contributed by atoms with van der Waals surface area (Å²) in [6.45, 7) is 6.22. The van der Waals surface area contributed by atoms with Gasteiger partial charge in [0.1, 0.15) is 0 Å². The maximum Gasteiger partial charge on any atom is 0.227 e. The summed E-state index contributed by atoms with van der Waals surface area (Å²) in [6, 6.07) is 4.29. The van der Waals surface area contributed by atoms with Gasteiger partial charge in [0.05, 0.1) is 12.1 Å². The average Bonchev–Trinajstić information content (AvgIpc) is 3.36. The van der Waals surface area contributed by atoms with E-state index in [1.54, 1.807) is 11.3 Å². The van der Waals surface area contributed by atoms with Gasteiger partial charge in [-0.15, -0.1) is 11.3 Å². The number of amides is 1. The highest BCUT2D eigenvalue weighted by atomic mass is 32.1. The molecule has 4 rings (SSSR count). The number of hydrogen-bond donors (Lipinski definition) is 1. The number of thiophene rings is 1. The highest BCUT2D eigenvalue weighted by molar-refractivity contribution is 7.09. The molecule has 0 radical (unpaired) electrons. The molecular weight excluding hydrogens is 334 g/mol. The van der Waals surface area contributed by atoms with E-state index in [0.29, 0.717) is 5.91 Å². The van der Waals surface area contributed by atoms with Crippen LogP contribution in [0, 0.1) is 5.92 Å². The number of carbonyl (C=O) groups excluding carboxylic acids is 1. The Balaban J connectivity index is 1.35. The van der Waals surface area contributed by atoms with Gasteiger partial charge in [-0.3, -0.25) is 14.4 Å². The second kappa shape index (κ2) is 7.27. The molecule has 0 bridgehead atoms. The third-order valence-electron chi connectivity index (χ3n) is 5.33. The molecule has 4 heterocycles. The molecule has 7 heteroatoms. The molecule has 2 fully saturated rings. The third kappa shape index (κ3) is 3.63. The summed E-state index contributed by atoms with van der Waals surface area (Å²) >= 11 is 1.81. The van der Waals surface area contributed by atoms with E-state index in [2.05, 4.69) is 37.7 Å². The van der Waals surface area contributed by atoms with Gasteiger partial charge in [-0.2, -0.15) is 5.10 Å². The van der Waals surface area contributed by atoms with Crippen LogP contribution < -0.4 is 5.32 Å². The molecule has 6 nitrogen and oxygen atoms in total. The van der Waals surface area contributed by atoms with Crippen LogP contribution in [0.3, 0.4) is 0 Å². The molecule has 2 aliphatic heterocycles. The van der Waals surface area contributed by atoms with Crippen molar-refractivity contribution in [1.82, 2.24) is 24.9 Å². The standard InChI is InChI=1S/C18H25N5OS/c1-21-12-14(9-20-21)16-10-19-11-17(16)18(24)23-6-4-22(5-7-23)13-15-3-2-8-25-15/h2-3,8-9,12,16-17,19H,4-7,10-11,13H2,1H3/t16-,17+/m1/s1. The lowest BCUT2D eigenvalue weighted by molar-refractivity contribution is -0.137. The fourth-order valence-electron chi connectivity index (χ4n) is 3.90. The number of nitrogens with zero attached hydrogens (tertiary/aromatic N) is 4. The van der Waals surface area contributed by atoms with Crippen molar-refractivity contribution in [2.45, 2.75) is 12.5 Å². The van der Waals surface area contributed by atoms with Crippen molar-refractivity contribution in [2.75, 3.05) is 39.3 Å². The first-order valence-corrected chi connectivity index (χ1v) is 9.81. The number of aryl methyl sites for hydroxylation is 1. The Morgan fingerprint density at radius 2 is 2.16 bits per heavy atom. The summed E-state index contributed by atoms with van der Waals surface area (Å²) in [5.41, 5.74) is 1.17. The summed E-state index contributed by atoms with van der Waals surface area (Å²) < 4.78 is 1.82. The predicted molar refractivity (Wildman–Crippen MR) is 98.5 cm³/mol. The second-order valence-corrected chi connectivity index (χ2v) is 8.03. The Morgan fingerprint density at radius 1 is 1.32 bits per heavy atom. The molecule has 0 aromatic carbocycles. The van der Waals surface area contributed by atoms with Crippen molar-refractivity contribution in [3.63, 3.8) is 0 Å². The van der Waals surface area contributed by atoms with Crippen molar-refractivity contribution in [3.8, 4) is 0 Å². The van der Waals surface area contributed by atoms with Gasteiger partial charge in [0.15, 0.2) is 0 Å². The van der Waals surface area contributed by atoms with E-state index in [4.69, 9.17) is 0 Å². The molecule has 25 heavy (non-hydrogen) atoms. The predicted octanol–water partition coefficient (Wildman–Crippen LogP) is 1.13. The number of carbonyl (C=O) groups is 1. The largest absolute Gasteiger partial charge is 0.340 e. The lowest BCUT2D eigenvalue weighted by Gasteiger charge is -2.36. The minimum atomic E-state index is 0.0352. The van der Waals surface area contributed by atoms with Crippen LogP contribution in [0.25, 0.3) is 0 Å². The van der Waals surface area contributed by atoms with Gasteiger partial charge in [-0.05, 0) is 17.0 Å². The molecule has 2 saturated heterocycles. The van der Waals surface area contributed by atoms with Crippen molar-refractivity contribution in [2.24, 2.45) is 13.0 Å². The molecule has 2 aliphatic rings. The number of nitrogens with one attached hydrogen (secondary N) is 1. The zero-order valence-electron chi connectivity index (χ0n) is 14.6. The molecule has 1 amide bonds. The first-order valence-electron chi connectivity index (χ1n) is 8.93. The Hall–Kier alpha value is -1.70. The molecule has 2 atom stereocenters. The number of piperazine rings is 1. The minimum Gasteiger partial charge on any atom is -0.340 e. The van der Waals surface area contributed by atoms with Crippen LogP contribution in [0.2, 0.25) is 0 Å². The summed E-state index contributed by atoms with van der Waals surface area (Å²) in [7, 11) is 1.93. The highest BCUT2D eigenvalue weighted by Crippen LogP contribution is 2.29. The zero-order valence-corrected chi connectivity index (χ0v) is 15.4. The summed E-state index contributed by atoms with van der Waals surface area (Å²) in [6.07, 6.45) is 3.94. The Kier molecular flexibility index (Phi) is 4.87. The van der Waals surface area contributed by atoms with Gasteiger partial charge in [0, 0.05) is 69.9 Å². The molecule has 0 spiro atoms. The maximum atomic E-state index is 13.1. The highest BCUT2D eigenvalue weighted by Gasteiger charge is 2.37. The van der Waals surface area contributed by atoms with Crippen molar-refractivity contribution >= 4 is 17.2 Å². The topological polar surface area (TPSA) is 53.4 Å². The quantitative estimate of drug-likeness (QED) is 0.889. The molecule has 134 valence electrons. The van der Waals surface area contributed by atoms with E-state index in [9.17, 15) is 4.79 Å². The van der Waals surface area contributed by atoms with Gasteiger partial charge >= 0.3 is 0 Å². The fourth-order valence-corrected chi connectivity index (χ4v) is 4.65. The van der Waals surface area contributed by atoms with Gasteiger partial charge in [-0.1, -0.05) is 6.07 Å². The van der Waals surface area contributed by atoms with Gasteiger partial charge in [0.2, 0.25) is 5.91 Å². The normalized spacial score (nSPS) is 24.8. The first-order chi connectivity index (χ1) is 12.2. The van der Waals surface area contributed by atoms with E-state index < -0.39 is 0 Å². The summed E-state index contributed by atoms with van der Waals surface area (Å²) in [5.74, 6) is 0.577. The van der Waals surface area contributed by atoms with Crippen LogP contribution in [-0.4, -0.2) is 64.8 Å². The lowest BCUT2D eigenvalue weighted by atomic mass is 9.89. The van der Waals surface area contributed by atoms with Crippen LogP contribution in [0.4, 0.5) is 0 Å². The molecular formula is C18H25N5OS. The van der Waals surface area contributed by atoms with E-state index in [-0.39, 0.29) is 11.8 Å². The average molecular weight is 359 g/mol. The Bertz CT molecular complexity index is 705. The monoisotopic (exact) mass is 359 g/mol. The summed E-state index contributed by atoms with van der Waals surface area (Å²) in [4.78, 5) is 19.0. The fraction of sp³-hybridized carbons (Fsp3) is 0.556.